The van der Waals surface area contributed by atoms with Crippen molar-refractivity contribution in [2.75, 3.05) is 11.1 Å². The molecule has 0 saturated carbocycles. The quantitative estimate of drug-likeness (QED) is 0.772. The maximum atomic E-state index is 13.0. The number of sulfone groups is 1. The van der Waals surface area contributed by atoms with Gasteiger partial charge in [-0.2, -0.15) is 0 Å². The van der Waals surface area contributed by atoms with Crippen LogP contribution in [-0.2, 0) is 16.4 Å². The van der Waals surface area contributed by atoms with Crippen molar-refractivity contribution in [1.29, 1.82) is 0 Å². The summed E-state index contributed by atoms with van der Waals surface area (Å²) >= 11 is 0. The van der Waals surface area contributed by atoms with Crippen LogP contribution in [0, 0.1) is 6.92 Å². The first-order valence-electron chi connectivity index (χ1n) is 8.22. The predicted octanol–water partition coefficient (Wildman–Crippen LogP) is 2.90. The molecule has 4 rings (SSSR count). The molecule has 3 aromatic rings. The second-order valence-electron chi connectivity index (χ2n) is 6.25. The van der Waals surface area contributed by atoms with Gasteiger partial charge in [0, 0.05) is 17.8 Å². The minimum atomic E-state index is -3.46. The van der Waals surface area contributed by atoms with Gasteiger partial charge in [0.2, 0.25) is 15.0 Å². The van der Waals surface area contributed by atoms with E-state index in [9.17, 15) is 13.2 Å². The number of nitrogens with zero attached hydrogens (tertiary/aromatic N) is 2. The van der Waals surface area contributed by atoms with Crippen LogP contribution >= 0.6 is 0 Å². The van der Waals surface area contributed by atoms with Gasteiger partial charge in [0.25, 0.3) is 5.91 Å². The Morgan fingerprint density at radius 1 is 1.08 bits per heavy atom. The number of carbonyl (C=O) groups is 1. The Morgan fingerprint density at radius 2 is 1.77 bits per heavy atom. The third kappa shape index (κ3) is 2.80. The van der Waals surface area contributed by atoms with E-state index in [-0.39, 0.29) is 29.1 Å². The van der Waals surface area contributed by atoms with Gasteiger partial charge in [-0.15, -0.1) is 0 Å². The molecular weight excluding hydrogens is 350 g/mol. The molecule has 0 spiro atoms. The van der Waals surface area contributed by atoms with Crippen molar-refractivity contribution in [3.05, 3.63) is 65.9 Å². The molecule has 7 heteroatoms. The highest BCUT2D eigenvalue weighted by atomic mass is 32.2. The number of hydrogen-bond donors (Lipinski definition) is 1. The van der Waals surface area contributed by atoms with E-state index >= 15 is 0 Å². The lowest BCUT2D eigenvalue weighted by molar-refractivity contribution is 0.101. The molecule has 1 N–H and O–H groups in total. The van der Waals surface area contributed by atoms with Crippen LogP contribution < -0.4 is 5.32 Å². The zero-order valence-electron chi connectivity index (χ0n) is 14.1. The maximum Gasteiger partial charge on any atom is 0.274 e. The lowest BCUT2D eigenvalue weighted by Gasteiger charge is -2.09. The minimum absolute atomic E-state index is 0.0325. The fraction of sp³-hybridized carbons (Fsp3) is 0.158. The molecule has 0 saturated heterocycles. The standard InChI is InChI=1S/C19H17N3O3S/c1-13-7-9-15(10-8-13)20-18(23)17-16(14-5-3-2-4-6-14)21-19-22(17)11-12-26(19,24)25/h2-10H,11-12H2,1H3,(H,20,23). The molecule has 6 nitrogen and oxygen atoms in total. The number of anilines is 1. The molecule has 2 aromatic carbocycles. The van der Waals surface area contributed by atoms with Crippen molar-refractivity contribution in [2.45, 2.75) is 18.6 Å². The van der Waals surface area contributed by atoms with Gasteiger partial charge >= 0.3 is 0 Å². The highest BCUT2D eigenvalue weighted by Gasteiger charge is 2.35. The second-order valence-corrected chi connectivity index (χ2v) is 8.25. The Morgan fingerprint density at radius 3 is 2.46 bits per heavy atom. The van der Waals surface area contributed by atoms with E-state index in [2.05, 4.69) is 10.3 Å². The first-order valence-corrected chi connectivity index (χ1v) is 9.88. The number of nitrogens with one attached hydrogen (secondary N) is 1. The molecule has 1 aromatic heterocycles. The Hall–Kier alpha value is -2.93. The summed E-state index contributed by atoms with van der Waals surface area (Å²) in [5, 5.41) is 2.81. The van der Waals surface area contributed by atoms with Gasteiger partial charge in [0.1, 0.15) is 11.4 Å². The minimum Gasteiger partial charge on any atom is -0.321 e. The normalized spacial score (nSPS) is 14.8. The van der Waals surface area contributed by atoms with E-state index in [1.807, 2.05) is 61.5 Å². The van der Waals surface area contributed by atoms with Crippen molar-refractivity contribution in [2.24, 2.45) is 0 Å². The molecule has 26 heavy (non-hydrogen) atoms. The number of fused-ring (bicyclic) bond motifs is 1. The molecule has 1 aliphatic rings. The predicted molar refractivity (Wildman–Crippen MR) is 98.8 cm³/mol. The number of aryl methyl sites for hydroxylation is 1. The van der Waals surface area contributed by atoms with E-state index in [1.54, 1.807) is 0 Å². The van der Waals surface area contributed by atoms with Crippen molar-refractivity contribution in [3.63, 3.8) is 0 Å². The molecule has 0 unspecified atom stereocenters. The van der Waals surface area contributed by atoms with Crippen LogP contribution in [0.3, 0.4) is 0 Å². The van der Waals surface area contributed by atoms with Crippen molar-refractivity contribution >= 4 is 21.4 Å². The third-order valence-electron chi connectivity index (χ3n) is 4.37. The van der Waals surface area contributed by atoms with Crippen molar-refractivity contribution < 1.29 is 13.2 Å². The Bertz CT molecular complexity index is 1090. The second kappa shape index (κ2) is 6.10. The topological polar surface area (TPSA) is 81.1 Å². The lowest BCUT2D eigenvalue weighted by Crippen LogP contribution is -2.17. The summed E-state index contributed by atoms with van der Waals surface area (Å²) in [6.45, 7) is 2.20. The van der Waals surface area contributed by atoms with Crippen LogP contribution in [0.15, 0.2) is 59.8 Å². The monoisotopic (exact) mass is 367 g/mol. The van der Waals surface area contributed by atoms with Crippen LogP contribution in [0.2, 0.25) is 0 Å². The summed E-state index contributed by atoms with van der Waals surface area (Å²) in [5.41, 5.74) is 3.10. The van der Waals surface area contributed by atoms with E-state index in [0.29, 0.717) is 16.9 Å². The van der Waals surface area contributed by atoms with Crippen LogP contribution in [0.1, 0.15) is 16.1 Å². The summed E-state index contributed by atoms with van der Waals surface area (Å²) in [6, 6.07) is 16.6. The van der Waals surface area contributed by atoms with Gasteiger partial charge in [0.15, 0.2) is 0 Å². The molecule has 0 bridgehead atoms. The van der Waals surface area contributed by atoms with Crippen LogP contribution in [0.25, 0.3) is 11.3 Å². The number of benzene rings is 2. The molecular formula is C19H17N3O3S. The highest BCUT2D eigenvalue weighted by Crippen LogP contribution is 2.30. The van der Waals surface area contributed by atoms with E-state index in [1.165, 1.54) is 4.57 Å². The van der Waals surface area contributed by atoms with E-state index < -0.39 is 9.84 Å². The molecule has 1 amide bonds. The van der Waals surface area contributed by atoms with Crippen LogP contribution in [0.5, 0.6) is 0 Å². The van der Waals surface area contributed by atoms with Gasteiger partial charge in [-0.3, -0.25) is 4.79 Å². The fourth-order valence-corrected chi connectivity index (χ4v) is 4.39. The average molecular weight is 367 g/mol. The molecule has 0 aliphatic carbocycles. The molecule has 2 heterocycles. The van der Waals surface area contributed by atoms with Crippen molar-refractivity contribution in [3.8, 4) is 11.3 Å². The van der Waals surface area contributed by atoms with E-state index in [0.717, 1.165) is 5.56 Å². The maximum absolute atomic E-state index is 13.0. The SMILES string of the molecule is Cc1ccc(NC(=O)c2c(-c3ccccc3)nc3n2CCS3(=O)=O)cc1. The van der Waals surface area contributed by atoms with Gasteiger partial charge in [-0.25, -0.2) is 13.4 Å². The highest BCUT2D eigenvalue weighted by molar-refractivity contribution is 7.91. The third-order valence-corrected chi connectivity index (χ3v) is 5.95. The van der Waals surface area contributed by atoms with E-state index in [4.69, 9.17) is 0 Å². The Balaban J connectivity index is 1.81. The first-order chi connectivity index (χ1) is 12.5. The molecule has 0 radical (unpaired) electrons. The van der Waals surface area contributed by atoms with Crippen molar-refractivity contribution in [1.82, 2.24) is 9.55 Å². The Labute approximate surface area is 151 Å². The smallest absolute Gasteiger partial charge is 0.274 e. The summed E-state index contributed by atoms with van der Waals surface area (Å²) < 4.78 is 26.0. The fourth-order valence-electron chi connectivity index (χ4n) is 3.03. The lowest BCUT2D eigenvalue weighted by atomic mass is 10.1. The van der Waals surface area contributed by atoms with Crippen LogP contribution in [-0.4, -0.2) is 29.6 Å². The van der Waals surface area contributed by atoms with Gasteiger partial charge < -0.3 is 9.88 Å². The molecule has 132 valence electrons. The number of rotatable bonds is 3. The summed E-state index contributed by atoms with van der Waals surface area (Å²) in [6.07, 6.45) is 0. The number of hydrogen-bond acceptors (Lipinski definition) is 4. The van der Waals surface area contributed by atoms with Gasteiger partial charge in [-0.1, -0.05) is 48.0 Å². The summed E-state index contributed by atoms with van der Waals surface area (Å²) in [5.74, 6) is -0.404. The largest absolute Gasteiger partial charge is 0.321 e. The molecule has 1 aliphatic heterocycles. The Kier molecular flexibility index (Phi) is 3.88. The molecule has 0 atom stereocenters. The number of aromatic nitrogens is 2. The average Bonchev–Trinajstić information content (AvgIpc) is 3.16. The molecule has 0 fully saturated rings. The van der Waals surface area contributed by atoms with Gasteiger partial charge in [-0.05, 0) is 19.1 Å². The first kappa shape index (κ1) is 16.5. The number of carbonyl (C=O) groups excluding carboxylic acids is 1. The summed E-state index contributed by atoms with van der Waals surface area (Å²) in [7, 11) is -3.46. The zero-order chi connectivity index (χ0) is 18.3. The number of amides is 1. The summed E-state index contributed by atoms with van der Waals surface area (Å²) in [4.78, 5) is 17.3. The zero-order valence-corrected chi connectivity index (χ0v) is 15.0. The van der Waals surface area contributed by atoms with Gasteiger partial charge in [0.05, 0.1) is 5.75 Å². The number of imidazole rings is 1. The van der Waals surface area contributed by atoms with Crippen LogP contribution in [0.4, 0.5) is 5.69 Å².